The normalized spacial score (nSPS) is 18.0. The number of alkyl halides is 3. The number of carbonyl (C=O) groups excluding carboxylic acids is 2. The Kier molecular flexibility index (Phi) is 4.80. The summed E-state index contributed by atoms with van der Waals surface area (Å²) in [6, 6.07) is 3.11. The molecule has 1 fully saturated rings. The average Bonchev–Trinajstić information content (AvgIpc) is 3.22. The van der Waals surface area contributed by atoms with Gasteiger partial charge in [0, 0.05) is 17.5 Å². The molecular formula is C15H15F3N4O2S. The summed E-state index contributed by atoms with van der Waals surface area (Å²) in [7, 11) is 0. The summed E-state index contributed by atoms with van der Waals surface area (Å²) in [5.41, 5.74) is 0.171. The predicted molar refractivity (Wildman–Crippen MR) is 84.8 cm³/mol. The molecule has 10 heteroatoms. The fourth-order valence-corrected chi connectivity index (χ4v) is 3.40. The summed E-state index contributed by atoms with van der Waals surface area (Å²) in [5.74, 6) is -0.532. The van der Waals surface area contributed by atoms with Gasteiger partial charge in [0.2, 0.25) is 11.8 Å². The van der Waals surface area contributed by atoms with Crippen LogP contribution in [0.4, 0.5) is 18.9 Å². The Labute approximate surface area is 145 Å². The molecule has 3 rings (SSSR count). The average molecular weight is 372 g/mol. The van der Waals surface area contributed by atoms with Crippen molar-refractivity contribution < 1.29 is 22.8 Å². The van der Waals surface area contributed by atoms with E-state index in [0.29, 0.717) is 17.6 Å². The second-order valence-electron chi connectivity index (χ2n) is 5.69. The van der Waals surface area contributed by atoms with E-state index < -0.39 is 24.7 Å². The van der Waals surface area contributed by atoms with Gasteiger partial charge >= 0.3 is 6.18 Å². The van der Waals surface area contributed by atoms with Gasteiger partial charge in [0.25, 0.3) is 0 Å². The van der Waals surface area contributed by atoms with Gasteiger partial charge in [-0.25, -0.2) is 0 Å². The Morgan fingerprint density at radius 2 is 2.24 bits per heavy atom. The standard InChI is InChI=1S/C15H15F3N4O2S/c16-15(17,18)9-21-7-10(6-19-21)20-14(24)12-3-4-13(23)22(12)8-11-2-1-5-25-11/h1-2,5-7,12H,3-4,8-9H2,(H,20,24)/t12-/m0/s1. The molecule has 3 heterocycles. The monoisotopic (exact) mass is 372 g/mol. The van der Waals surface area contributed by atoms with Gasteiger partial charge in [0.15, 0.2) is 0 Å². The van der Waals surface area contributed by atoms with Gasteiger partial charge in [-0.3, -0.25) is 14.3 Å². The molecule has 1 atom stereocenters. The van der Waals surface area contributed by atoms with Crippen LogP contribution in [0.25, 0.3) is 0 Å². The maximum atomic E-state index is 12.4. The van der Waals surface area contributed by atoms with E-state index in [2.05, 4.69) is 10.4 Å². The zero-order chi connectivity index (χ0) is 18.0. The van der Waals surface area contributed by atoms with Crippen LogP contribution in [0, 0.1) is 0 Å². The van der Waals surface area contributed by atoms with Gasteiger partial charge in [0.05, 0.1) is 18.4 Å². The van der Waals surface area contributed by atoms with E-state index in [0.717, 1.165) is 17.3 Å². The molecule has 1 N–H and O–H groups in total. The Morgan fingerprint density at radius 3 is 2.92 bits per heavy atom. The first-order valence-corrected chi connectivity index (χ1v) is 8.42. The number of nitrogens with one attached hydrogen (secondary N) is 1. The molecule has 2 aromatic rings. The van der Waals surface area contributed by atoms with Gasteiger partial charge in [-0.2, -0.15) is 18.3 Å². The van der Waals surface area contributed by atoms with Crippen LogP contribution in [-0.4, -0.2) is 38.7 Å². The van der Waals surface area contributed by atoms with E-state index in [1.54, 1.807) is 0 Å². The van der Waals surface area contributed by atoms with Gasteiger partial charge in [-0.1, -0.05) is 6.07 Å². The summed E-state index contributed by atoms with van der Waals surface area (Å²) in [6.45, 7) is -0.878. The Balaban J connectivity index is 1.64. The Bertz CT molecular complexity index is 757. The highest BCUT2D eigenvalue weighted by Gasteiger charge is 2.36. The van der Waals surface area contributed by atoms with Crippen LogP contribution in [0.3, 0.4) is 0 Å². The smallest absolute Gasteiger partial charge is 0.326 e. The van der Waals surface area contributed by atoms with Crippen LogP contribution in [0.1, 0.15) is 17.7 Å². The van der Waals surface area contributed by atoms with E-state index in [1.165, 1.54) is 16.2 Å². The van der Waals surface area contributed by atoms with Crippen LogP contribution in [-0.2, 0) is 22.7 Å². The molecule has 2 aromatic heterocycles. The Morgan fingerprint density at radius 1 is 1.44 bits per heavy atom. The number of anilines is 1. The van der Waals surface area contributed by atoms with Crippen molar-refractivity contribution in [3.8, 4) is 0 Å². The first kappa shape index (κ1) is 17.5. The molecule has 134 valence electrons. The van der Waals surface area contributed by atoms with Crippen molar-refractivity contribution in [2.45, 2.75) is 38.1 Å². The minimum absolute atomic E-state index is 0.110. The minimum Gasteiger partial charge on any atom is -0.326 e. The fourth-order valence-electron chi connectivity index (χ4n) is 2.70. The lowest BCUT2D eigenvalue weighted by Gasteiger charge is -2.23. The maximum absolute atomic E-state index is 12.4. The van der Waals surface area contributed by atoms with E-state index in [-0.39, 0.29) is 18.0 Å². The number of likely N-dealkylation sites (tertiary alicyclic amines) is 1. The highest BCUT2D eigenvalue weighted by Crippen LogP contribution is 2.24. The maximum Gasteiger partial charge on any atom is 0.408 e. The number of hydrogen-bond acceptors (Lipinski definition) is 4. The molecule has 0 unspecified atom stereocenters. The molecular weight excluding hydrogens is 357 g/mol. The summed E-state index contributed by atoms with van der Waals surface area (Å²) < 4.78 is 37.7. The van der Waals surface area contributed by atoms with Gasteiger partial charge in [0.1, 0.15) is 12.6 Å². The van der Waals surface area contributed by atoms with Crippen molar-refractivity contribution in [2.24, 2.45) is 0 Å². The molecule has 25 heavy (non-hydrogen) atoms. The molecule has 0 aromatic carbocycles. The number of carbonyl (C=O) groups is 2. The molecule has 1 aliphatic rings. The van der Waals surface area contributed by atoms with Crippen LogP contribution >= 0.6 is 11.3 Å². The van der Waals surface area contributed by atoms with Crippen molar-refractivity contribution in [1.29, 1.82) is 0 Å². The fraction of sp³-hybridized carbons (Fsp3) is 0.400. The topological polar surface area (TPSA) is 67.2 Å². The highest BCUT2D eigenvalue weighted by atomic mass is 32.1. The molecule has 0 bridgehead atoms. The third-order valence-corrected chi connectivity index (χ3v) is 4.64. The lowest BCUT2D eigenvalue weighted by Crippen LogP contribution is -2.40. The van der Waals surface area contributed by atoms with Crippen LogP contribution in [0.15, 0.2) is 29.9 Å². The molecule has 0 spiro atoms. The van der Waals surface area contributed by atoms with Gasteiger partial charge in [-0.15, -0.1) is 11.3 Å². The van der Waals surface area contributed by atoms with E-state index in [4.69, 9.17) is 0 Å². The van der Waals surface area contributed by atoms with Crippen molar-refractivity contribution in [2.75, 3.05) is 5.32 Å². The SMILES string of the molecule is O=C(Nc1cnn(CC(F)(F)F)c1)[C@@H]1CCC(=O)N1Cc1cccs1. The largest absolute Gasteiger partial charge is 0.408 e. The van der Waals surface area contributed by atoms with Crippen LogP contribution in [0.2, 0.25) is 0 Å². The number of nitrogens with zero attached hydrogens (tertiary/aromatic N) is 3. The molecule has 1 saturated heterocycles. The van der Waals surface area contributed by atoms with Crippen molar-refractivity contribution in [3.05, 3.63) is 34.8 Å². The van der Waals surface area contributed by atoms with Crippen molar-refractivity contribution in [1.82, 2.24) is 14.7 Å². The quantitative estimate of drug-likeness (QED) is 0.877. The number of hydrogen-bond donors (Lipinski definition) is 1. The minimum atomic E-state index is -4.39. The lowest BCUT2D eigenvalue weighted by molar-refractivity contribution is -0.142. The molecule has 2 amide bonds. The van der Waals surface area contributed by atoms with Gasteiger partial charge in [-0.05, 0) is 17.9 Å². The third kappa shape index (κ3) is 4.38. The van der Waals surface area contributed by atoms with E-state index >= 15 is 0 Å². The summed E-state index contributed by atoms with van der Waals surface area (Å²) in [5, 5.41) is 8.01. The summed E-state index contributed by atoms with van der Waals surface area (Å²) in [4.78, 5) is 26.9. The first-order chi connectivity index (χ1) is 11.8. The number of thiophene rings is 1. The van der Waals surface area contributed by atoms with E-state index in [1.807, 2.05) is 17.5 Å². The predicted octanol–water partition coefficient (Wildman–Crippen LogP) is 2.64. The summed E-state index contributed by atoms with van der Waals surface area (Å²) >= 11 is 1.49. The molecule has 0 radical (unpaired) electrons. The molecule has 1 aliphatic heterocycles. The van der Waals surface area contributed by atoms with Crippen LogP contribution < -0.4 is 5.32 Å². The summed E-state index contributed by atoms with van der Waals surface area (Å²) in [6.07, 6.45) is -1.46. The number of halogens is 3. The van der Waals surface area contributed by atoms with E-state index in [9.17, 15) is 22.8 Å². The van der Waals surface area contributed by atoms with Crippen molar-refractivity contribution in [3.63, 3.8) is 0 Å². The lowest BCUT2D eigenvalue weighted by atomic mass is 10.2. The number of rotatable bonds is 5. The second-order valence-corrected chi connectivity index (χ2v) is 6.72. The molecule has 0 saturated carbocycles. The molecule has 6 nitrogen and oxygen atoms in total. The van der Waals surface area contributed by atoms with Gasteiger partial charge < -0.3 is 10.2 Å². The van der Waals surface area contributed by atoms with Crippen LogP contribution in [0.5, 0.6) is 0 Å². The van der Waals surface area contributed by atoms with Crippen molar-refractivity contribution >= 4 is 28.8 Å². The highest BCUT2D eigenvalue weighted by molar-refractivity contribution is 7.09. The first-order valence-electron chi connectivity index (χ1n) is 7.54. The zero-order valence-electron chi connectivity index (χ0n) is 13.0. The second kappa shape index (κ2) is 6.87. The zero-order valence-corrected chi connectivity index (χ0v) is 13.8. The molecule has 0 aliphatic carbocycles. The number of aromatic nitrogens is 2. The number of amides is 2. The Hall–Kier alpha value is -2.36. The third-order valence-electron chi connectivity index (χ3n) is 3.78.